The highest BCUT2D eigenvalue weighted by atomic mass is 16.3. The van der Waals surface area contributed by atoms with Crippen molar-refractivity contribution in [2.24, 2.45) is 5.92 Å². The first-order valence-electron chi connectivity index (χ1n) is 15.7. The van der Waals surface area contributed by atoms with Crippen LogP contribution in [-0.4, -0.2) is 55.2 Å². The SMILES string of the molecule is C=CCN1C(=O)[C@](O)([C@H](C)/C=C/CCn2cc(C(CO)c3ccccc3)nn2)c2cc(NC(=O)Cc3c[nH]c4ccccc34)ccc21. The van der Waals surface area contributed by atoms with Crippen LogP contribution >= 0.6 is 0 Å². The van der Waals surface area contributed by atoms with Gasteiger partial charge in [0.2, 0.25) is 5.91 Å². The van der Waals surface area contributed by atoms with Crippen LogP contribution in [0.3, 0.4) is 0 Å². The normalized spacial score (nSPS) is 17.3. The Morgan fingerprint density at radius 3 is 2.70 bits per heavy atom. The minimum absolute atomic E-state index is 0.0768. The molecule has 6 rings (SSSR count). The van der Waals surface area contributed by atoms with E-state index in [4.69, 9.17) is 0 Å². The third-order valence-corrected chi connectivity index (χ3v) is 8.80. The number of hydrogen-bond acceptors (Lipinski definition) is 6. The lowest BCUT2D eigenvalue weighted by molar-refractivity contribution is -0.139. The Balaban J connectivity index is 1.15. The molecule has 3 heterocycles. The second-order valence-electron chi connectivity index (χ2n) is 11.8. The molecule has 0 saturated carbocycles. The first-order chi connectivity index (χ1) is 22.8. The molecule has 10 heteroatoms. The van der Waals surface area contributed by atoms with Crippen molar-refractivity contribution >= 4 is 34.1 Å². The van der Waals surface area contributed by atoms with Gasteiger partial charge in [-0.15, -0.1) is 11.7 Å². The molecule has 0 aliphatic carbocycles. The van der Waals surface area contributed by atoms with Crippen molar-refractivity contribution in [2.45, 2.75) is 37.8 Å². The van der Waals surface area contributed by atoms with Gasteiger partial charge in [0.1, 0.15) is 0 Å². The smallest absolute Gasteiger partial charge is 0.264 e. The van der Waals surface area contributed by atoms with E-state index in [1.54, 1.807) is 35.9 Å². The van der Waals surface area contributed by atoms with Crippen LogP contribution in [0.4, 0.5) is 11.4 Å². The molecule has 47 heavy (non-hydrogen) atoms. The number of aromatic amines is 1. The molecule has 0 saturated heterocycles. The quantitative estimate of drug-likeness (QED) is 0.134. The summed E-state index contributed by atoms with van der Waals surface area (Å²) in [6.45, 7) is 6.28. The molecule has 1 aliphatic rings. The lowest BCUT2D eigenvalue weighted by Gasteiger charge is -2.27. The number of hydrogen-bond donors (Lipinski definition) is 4. The molecule has 240 valence electrons. The van der Waals surface area contributed by atoms with E-state index in [2.05, 4.69) is 27.2 Å². The number of nitrogens with zero attached hydrogens (tertiary/aromatic N) is 4. The average Bonchev–Trinajstić information content (AvgIpc) is 3.77. The molecule has 0 fully saturated rings. The molecule has 4 N–H and O–H groups in total. The van der Waals surface area contributed by atoms with Gasteiger partial charge in [0.15, 0.2) is 5.60 Å². The van der Waals surface area contributed by atoms with Gasteiger partial charge in [-0.05, 0) is 41.8 Å². The highest BCUT2D eigenvalue weighted by Crippen LogP contribution is 2.46. The fourth-order valence-corrected chi connectivity index (χ4v) is 6.28. The summed E-state index contributed by atoms with van der Waals surface area (Å²) >= 11 is 0. The van der Waals surface area contributed by atoms with Crippen LogP contribution in [0.5, 0.6) is 0 Å². The zero-order chi connectivity index (χ0) is 33.0. The molecule has 2 aromatic heterocycles. The Hall–Kier alpha value is -5.32. The van der Waals surface area contributed by atoms with E-state index in [0.717, 1.165) is 22.0 Å². The van der Waals surface area contributed by atoms with Crippen molar-refractivity contribution in [3.05, 3.63) is 132 Å². The predicted octanol–water partition coefficient (Wildman–Crippen LogP) is 5.07. The number of allylic oxidation sites excluding steroid dienone is 1. The van der Waals surface area contributed by atoms with Crippen molar-refractivity contribution in [1.82, 2.24) is 20.0 Å². The Morgan fingerprint density at radius 1 is 1.13 bits per heavy atom. The summed E-state index contributed by atoms with van der Waals surface area (Å²) in [6, 6.07) is 22.7. The topological polar surface area (TPSA) is 136 Å². The molecule has 1 aliphatic heterocycles. The number of fused-ring (bicyclic) bond motifs is 2. The number of aliphatic hydroxyl groups is 2. The number of nitrogens with one attached hydrogen (secondary N) is 2. The lowest BCUT2D eigenvalue weighted by atomic mass is 9.82. The number of aromatic nitrogens is 4. The average molecular weight is 631 g/mol. The van der Waals surface area contributed by atoms with Crippen LogP contribution in [0.1, 0.15) is 41.6 Å². The Morgan fingerprint density at radius 2 is 1.91 bits per heavy atom. The summed E-state index contributed by atoms with van der Waals surface area (Å²) in [4.78, 5) is 31.5. The summed E-state index contributed by atoms with van der Waals surface area (Å²) in [5, 5.41) is 34.4. The molecule has 0 spiro atoms. The van der Waals surface area contributed by atoms with E-state index in [0.29, 0.717) is 35.6 Å². The Kier molecular flexibility index (Phi) is 9.15. The number of carbonyl (C=O) groups is 2. The third kappa shape index (κ3) is 6.25. The summed E-state index contributed by atoms with van der Waals surface area (Å²) < 4.78 is 1.72. The number of H-pyrrole nitrogens is 1. The predicted molar refractivity (Wildman–Crippen MR) is 182 cm³/mol. The number of rotatable bonds is 13. The van der Waals surface area contributed by atoms with Crippen molar-refractivity contribution in [3.8, 4) is 0 Å². The lowest BCUT2D eigenvalue weighted by Crippen LogP contribution is -2.44. The molecule has 0 radical (unpaired) electrons. The zero-order valence-electron chi connectivity index (χ0n) is 26.2. The van der Waals surface area contributed by atoms with Gasteiger partial charge in [0.25, 0.3) is 5.91 Å². The zero-order valence-corrected chi connectivity index (χ0v) is 26.2. The number of aryl methyl sites for hydroxylation is 1. The molecule has 2 amide bonds. The number of amides is 2. The molecule has 1 unspecified atom stereocenters. The summed E-state index contributed by atoms with van der Waals surface area (Å²) in [5.41, 5.74) is 3.17. The van der Waals surface area contributed by atoms with E-state index >= 15 is 0 Å². The van der Waals surface area contributed by atoms with Crippen LogP contribution in [0.25, 0.3) is 10.9 Å². The summed E-state index contributed by atoms with van der Waals surface area (Å²) in [7, 11) is 0. The van der Waals surface area contributed by atoms with Crippen molar-refractivity contribution in [2.75, 3.05) is 23.4 Å². The van der Waals surface area contributed by atoms with Crippen molar-refractivity contribution in [1.29, 1.82) is 0 Å². The van der Waals surface area contributed by atoms with Gasteiger partial charge in [0.05, 0.1) is 30.3 Å². The minimum atomic E-state index is -1.84. The second kappa shape index (κ2) is 13.6. The van der Waals surface area contributed by atoms with Gasteiger partial charge in [0, 0.05) is 53.6 Å². The van der Waals surface area contributed by atoms with Crippen molar-refractivity contribution < 1.29 is 19.8 Å². The molecule has 10 nitrogen and oxygen atoms in total. The Labute approximate surface area is 273 Å². The van der Waals surface area contributed by atoms with Gasteiger partial charge in [-0.3, -0.25) is 14.3 Å². The first-order valence-corrected chi connectivity index (χ1v) is 15.7. The highest BCUT2D eigenvalue weighted by Gasteiger charge is 2.52. The fourth-order valence-electron chi connectivity index (χ4n) is 6.28. The number of para-hydroxylation sites is 1. The first kappa shape index (κ1) is 31.7. The second-order valence-corrected chi connectivity index (χ2v) is 11.8. The Bertz CT molecular complexity index is 1930. The van der Waals surface area contributed by atoms with E-state index in [9.17, 15) is 19.8 Å². The van der Waals surface area contributed by atoms with Gasteiger partial charge in [-0.2, -0.15) is 0 Å². The number of carbonyl (C=O) groups excluding carboxylic acids is 2. The molecule has 3 atom stereocenters. The van der Waals surface area contributed by atoms with Crippen LogP contribution in [0.2, 0.25) is 0 Å². The molecule has 3 aromatic carbocycles. The molecular formula is C37H38N6O4. The monoisotopic (exact) mass is 630 g/mol. The largest absolute Gasteiger partial charge is 0.395 e. The van der Waals surface area contributed by atoms with Gasteiger partial charge < -0.3 is 25.4 Å². The molecule has 0 bridgehead atoms. The number of benzene rings is 3. The maximum Gasteiger partial charge on any atom is 0.264 e. The minimum Gasteiger partial charge on any atom is -0.395 e. The maximum atomic E-state index is 13.7. The van der Waals surface area contributed by atoms with E-state index < -0.39 is 17.4 Å². The van der Waals surface area contributed by atoms with Gasteiger partial charge in [-0.25, -0.2) is 0 Å². The van der Waals surface area contributed by atoms with Crippen molar-refractivity contribution in [3.63, 3.8) is 0 Å². The number of aliphatic hydroxyl groups excluding tert-OH is 1. The van der Waals surface area contributed by atoms with Crippen LogP contribution < -0.4 is 10.2 Å². The van der Waals surface area contributed by atoms with Gasteiger partial charge in [-0.1, -0.05) is 78.9 Å². The summed E-state index contributed by atoms with van der Waals surface area (Å²) in [5.74, 6) is -1.48. The maximum absolute atomic E-state index is 13.7. The van der Waals surface area contributed by atoms with E-state index in [1.807, 2.05) is 79.1 Å². The van der Waals surface area contributed by atoms with Gasteiger partial charge >= 0.3 is 0 Å². The highest BCUT2D eigenvalue weighted by molar-refractivity contribution is 6.08. The van der Waals surface area contributed by atoms with Crippen LogP contribution in [0.15, 0.2) is 110 Å². The van der Waals surface area contributed by atoms with E-state index in [-0.39, 0.29) is 31.4 Å². The third-order valence-electron chi connectivity index (χ3n) is 8.80. The fraction of sp³-hybridized carbons (Fsp3) is 0.243. The van der Waals surface area contributed by atoms with Crippen LogP contribution in [-0.2, 0) is 28.2 Å². The summed E-state index contributed by atoms with van der Waals surface area (Å²) in [6.07, 6.45) is 9.80. The van der Waals surface area contributed by atoms with Crippen LogP contribution in [0, 0.1) is 5.92 Å². The number of anilines is 2. The molecular weight excluding hydrogens is 592 g/mol. The molecule has 5 aromatic rings. The standard InChI is InChI=1S/C37H38N6O4/c1-3-18-43-34-17-16-28(39-35(45)20-27-22-38-32-15-8-7-14-29(27)32)21-31(34)37(47,36(43)46)25(2)11-9-10-19-42-23-33(40-41-42)30(24-44)26-12-5-4-6-13-26/h3-9,11-17,21-23,25,30,38,44,47H,1,10,18-20,24H2,2H3,(H,39,45)/b11-9+/t25-,30?,37+/m1/s1. The van der Waals surface area contributed by atoms with E-state index in [1.165, 1.54) is 4.90 Å².